The summed E-state index contributed by atoms with van der Waals surface area (Å²) in [6.45, 7) is 8.69. The van der Waals surface area contributed by atoms with Crippen molar-refractivity contribution in [1.29, 1.82) is 0 Å². The van der Waals surface area contributed by atoms with Crippen molar-refractivity contribution in [3.05, 3.63) is 28.8 Å². The Bertz CT molecular complexity index is 577. The maximum Gasteiger partial charge on any atom is 0.226 e. The highest BCUT2D eigenvalue weighted by Gasteiger charge is 2.37. The van der Waals surface area contributed by atoms with Crippen molar-refractivity contribution >= 4 is 18.3 Å². The number of nitrogens with zero attached hydrogens (tertiary/aromatic N) is 1. The van der Waals surface area contributed by atoms with Crippen LogP contribution in [0.5, 0.6) is 5.75 Å². The van der Waals surface area contributed by atoms with Crippen LogP contribution >= 0.6 is 12.4 Å². The third-order valence-corrected chi connectivity index (χ3v) is 5.28. The van der Waals surface area contributed by atoms with Crippen LogP contribution < -0.4 is 10.1 Å². The van der Waals surface area contributed by atoms with Gasteiger partial charge in [-0.25, -0.2) is 0 Å². The second-order valence-electron chi connectivity index (χ2n) is 6.98. The zero-order valence-electron chi connectivity index (χ0n) is 14.9. The van der Waals surface area contributed by atoms with Gasteiger partial charge in [-0.1, -0.05) is 6.07 Å². The molecule has 1 N–H and O–H groups in total. The van der Waals surface area contributed by atoms with E-state index in [1.807, 2.05) is 0 Å². The van der Waals surface area contributed by atoms with Gasteiger partial charge in [0.1, 0.15) is 5.75 Å². The lowest BCUT2D eigenvalue weighted by molar-refractivity contribution is -0.134. The van der Waals surface area contributed by atoms with Crippen LogP contribution in [0.15, 0.2) is 12.1 Å². The molecule has 4 nitrogen and oxygen atoms in total. The fourth-order valence-electron chi connectivity index (χ4n) is 3.92. The number of amides is 1. The average Bonchev–Trinajstić information content (AvgIpc) is 2.77. The maximum atomic E-state index is 12.6. The summed E-state index contributed by atoms with van der Waals surface area (Å²) >= 11 is 0. The first-order chi connectivity index (χ1) is 11.1. The summed E-state index contributed by atoms with van der Waals surface area (Å²) in [5.74, 6) is 1.17. The van der Waals surface area contributed by atoms with Crippen LogP contribution in [0, 0.1) is 20.8 Å². The van der Waals surface area contributed by atoms with Crippen LogP contribution in [-0.4, -0.2) is 42.6 Å². The van der Waals surface area contributed by atoms with E-state index in [1.165, 1.54) is 16.7 Å². The second-order valence-corrected chi connectivity index (χ2v) is 6.98. The van der Waals surface area contributed by atoms with Crippen molar-refractivity contribution in [3.63, 3.8) is 0 Å². The molecule has 2 unspecified atom stereocenters. The lowest BCUT2D eigenvalue weighted by atomic mass is 10.1. The standard InChI is InChI=1S/C19H28N2O2.ClH/c1-13-10-14(2)15(3)18(11-13)23-9-7-19(22)21-16-4-5-17(21)12-20-8-6-16;/h10-11,16-17,20H,4-9,12H2,1-3H3;1H. The van der Waals surface area contributed by atoms with Crippen LogP contribution in [0.1, 0.15) is 42.4 Å². The Kier molecular flexibility index (Phi) is 6.53. The topological polar surface area (TPSA) is 41.6 Å². The van der Waals surface area contributed by atoms with E-state index in [0.717, 1.165) is 38.1 Å². The third-order valence-electron chi connectivity index (χ3n) is 5.28. The second kappa shape index (κ2) is 8.21. The van der Waals surface area contributed by atoms with Gasteiger partial charge in [-0.3, -0.25) is 4.79 Å². The average molecular weight is 353 g/mol. The smallest absolute Gasteiger partial charge is 0.226 e. The zero-order valence-corrected chi connectivity index (χ0v) is 15.7. The lowest BCUT2D eigenvalue weighted by Gasteiger charge is -2.28. The maximum absolute atomic E-state index is 12.6. The summed E-state index contributed by atoms with van der Waals surface area (Å²) in [6.07, 6.45) is 3.86. The van der Waals surface area contributed by atoms with Gasteiger partial charge in [0.2, 0.25) is 5.91 Å². The summed E-state index contributed by atoms with van der Waals surface area (Å²) < 4.78 is 5.92. The molecule has 1 amide bonds. The van der Waals surface area contributed by atoms with Crippen LogP contribution in [0.2, 0.25) is 0 Å². The van der Waals surface area contributed by atoms with E-state index >= 15 is 0 Å². The first-order valence-corrected chi connectivity index (χ1v) is 8.79. The molecule has 2 aliphatic rings. The van der Waals surface area contributed by atoms with Gasteiger partial charge < -0.3 is 15.0 Å². The van der Waals surface area contributed by atoms with Crippen molar-refractivity contribution < 1.29 is 9.53 Å². The Morgan fingerprint density at radius 2 is 1.96 bits per heavy atom. The SMILES string of the molecule is Cc1cc(C)c(C)c(OCCC(=O)N2C3CCNCC2CC3)c1.Cl. The fourth-order valence-corrected chi connectivity index (χ4v) is 3.92. The van der Waals surface area contributed by atoms with Gasteiger partial charge in [-0.2, -0.15) is 0 Å². The molecule has 2 bridgehead atoms. The number of carbonyl (C=O) groups is 1. The Hall–Kier alpha value is -1.26. The van der Waals surface area contributed by atoms with Crippen LogP contribution in [-0.2, 0) is 4.79 Å². The van der Waals surface area contributed by atoms with E-state index in [0.29, 0.717) is 25.1 Å². The minimum absolute atomic E-state index is 0. The van der Waals surface area contributed by atoms with Gasteiger partial charge in [0.15, 0.2) is 0 Å². The number of carbonyl (C=O) groups excluding carboxylic acids is 1. The molecule has 0 saturated carbocycles. The molecule has 0 spiro atoms. The predicted octanol–water partition coefficient (Wildman–Crippen LogP) is 3.16. The van der Waals surface area contributed by atoms with Crippen LogP contribution in [0.25, 0.3) is 0 Å². The predicted molar refractivity (Wildman–Crippen MR) is 99.2 cm³/mol. The lowest BCUT2D eigenvalue weighted by Crippen LogP contribution is -2.42. The molecule has 24 heavy (non-hydrogen) atoms. The zero-order chi connectivity index (χ0) is 16.4. The molecule has 1 aromatic carbocycles. The van der Waals surface area contributed by atoms with E-state index in [-0.39, 0.29) is 18.3 Å². The van der Waals surface area contributed by atoms with E-state index in [9.17, 15) is 4.79 Å². The molecule has 0 aromatic heterocycles. The molecule has 2 aliphatic heterocycles. The van der Waals surface area contributed by atoms with Gasteiger partial charge in [0.05, 0.1) is 13.0 Å². The summed E-state index contributed by atoms with van der Waals surface area (Å²) in [5, 5.41) is 3.44. The normalized spacial score (nSPS) is 22.7. The molecule has 2 heterocycles. The van der Waals surface area contributed by atoms with E-state index in [1.54, 1.807) is 0 Å². The molecule has 2 fully saturated rings. The Labute approximate surface area is 151 Å². The van der Waals surface area contributed by atoms with E-state index in [2.05, 4.69) is 43.1 Å². The molecular formula is C19H29ClN2O2. The Morgan fingerprint density at radius 1 is 1.21 bits per heavy atom. The molecule has 0 radical (unpaired) electrons. The first kappa shape index (κ1) is 19.1. The molecule has 1 aromatic rings. The largest absolute Gasteiger partial charge is 0.493 e. The molecule has 2 saturated heterocycles. The third kappa shape index (κ3) is 4.04. The number of rotatable bonds is 4. The van der Waals surface area contributed by atoms with Gasteiger partial charge in [-0.05, 0) is 69.3 Å². The van der Waals surface area contributed by atoms with Crippen LogP contribution in [0.3, 0.4) is 0 Å². The molecule has 3 rings (SSSR count). The number of fused-ring (bicyclic) bond motifs is 2. The Balaban J connectivity index is 0.00000208. The number of halogens is 1. The van der Waals surface area contributed by atoms with Crippen molar-refractivity contribution in [2.24, 2.45) is 0 Å². The highest BCUT2D eigenvalue weighted by molar-refractivity contribution is 5.85. The van der Waals surface area contributed by atoms with Gasteiger partial charge >= 0.3 is 0 Å². The minimum atomic E-state index is 0. The van der Waals surface area contributed by atoms with Crippen molar-refractivity contribution in [1.82, 2.24) is 10.2 Å². The van der Waals surface area contributed by atoms with Crippen LogP contribution in [0.4, 0.5) is 0 Å². The number of nitrogens with one attached hydrogen (secondary N) is 1. The van der Waals surface area contributed by atoms with E-state index in [4.69, 9.17) is 4.74 Å². The summed E-state index contributed by atoms with van der Waals surface area (Å²) in [5.41, 5.74) is 3.61. The van der Waals surface area contributed by atoms with E-state index < -0.39 is 0 Å². The number of benzene rings is 1. The van der Waals surface area contributed by atoms with Gasteiger partial charge in [-0.15, -0.1) is 12.4 Å². The highest BCUT2D eigenvalue weighted by atomic mass is 35.5. The highest BCUT2D eigenvalue weighted by Crippen LogP contribution is 2.29. The fraction of sp³-hybridized carbons (Fsp3) is 0.632. The van der Waals surface area contributed by atoms with Gasteiger partial charge in [0.25, 0.3) is 0 Å². The Morgan fingerprint density at radius 3 is 2.75 bits per heavy atom. The van der Waals surface area contributed by atoms with Crippen molar-refractivity contribution in [2.45, 2.75) is 58.5 Å². The molecule has 5 heteroatoms. The molecule has 134 valence electrons. The number of ether oxygens (including phenoxy) is 1. The molecule has 2 atom stereocenters. The summed E-state index contributed by atoms with van der Waals surface area (Å²) in [6, 6.07) is 5.05. The number of hydrogen-bond donors (Lipinski definition) is 1. The quantitative estimate of drug-likeness (QED) is 0.905. The minimum Gasteiger partial charge on any atom is -0.493 e. The van der Waals surface area contributed by atoms with Gasteiger partial charge in [0, 0.05) is 18.6 Å². The first-order valence-electron chi connectivity index (χ1n) is 8.79. The van der Waals surface area contributed by atoms with Crippen molar-refractivity contribution in [3.8, 4) is 5.75 Å². The monoisotopic (exact) mass is 352 g/mol. The molecular weight excluding hydrogens is 324 g/mol. The number of aryl methyl sites for hydroxylation is 2. The van der Waals surface area contributed by atoms with Crippen molar-refractivity contribution in [2.75, 3.05) is 19.7 Å². The number of hydrogen-bond acceptors (Lipinski definition) is 3. The molecule has 0 aliphatic carbocycles. The summed E-state index contributed by atoms with van der Waals surface area (Å²) in [7, 11) is 0. The summed E-state index contributed by atoms with van der Waals surface area (Å²) in [4.78, 5) is 14.8.